The zero-order valence-corrected chi connectivity index (χ0v) is 13.1. The lowest BCUT2D eigenvalue weighted by Crippen LogP contribution is -2.52. The summed E-state index contributed by atoms with van der Waals surface area (Å²) in [5.74, 6) is 0.628. The summed E-state index contributed by atoms with van der Waals surface area (Å²) < 4.78 is 5.52. The number of aliphatic hydroxyl groups excluding tert-OH is 1. The third-order valence-electron chi connectivity index (χ3n) is 5.07. The number of ether oxygens (including phenoxy) is 1. The van der Waals surface area contributed by atoms with Crippen molar-refractivity contribution in [1.29, 1.82) is 0 Å². The van der Waals surface area contributed by atoms with Crippen molar-refractivity contribution in [3.8, 4) is 0 Å². The number of nitrogens with one attached hydrogen (secondary N) is 1. The molecule has 2 fully saturated rings. The van der Waals surface area contributed by atoms with Crippen LogP contribution in [-0.4, -0.2) is 61.5 Å². The maximum Gasteiger partial charge on any atom is 0.0616 e. The summed E-state index contributed by atoms with van der Waals surface area (Å²) in [6.07, 6.45) is 7.16. The van der Waals surface area contributed by atoms with Gasteiger partial charge in [0.25, 0.3) is 0 Å². The van der Waals surface area contributed by atoms with Crippen LogP contribution in [0.15, 0.2) is 0 Å². The molecule has 0 amide bonds. The second kappa shape index (κ2) is 8.32. The van der Waals surface area contributed by atoms with E-state index in [1.165, 1.54) is 25.8 Å². The molecular formula is C16H32N2O2. The van der Waals surface area contributed by atoms with Gasteiger partial charge < -0.3 is 20.1 Å². The molecule has 20 heavy (non-hydrogen) atoms. The Morgan fingerprint density at radius 3 is 3.00 bits per heavy atom. The van der Waals surface area contributed by atoms with Crippen molar-refractivity contribution in [1.82, 2.24) is 10.2 Å². The molecule has 2 unspecified atom stereocenters. The van der Waals surface area contributed by atoms with Crippen molar-refractivity contribution in [3.63, 3.8) is 0 Å². The van der Waals surface area contributed by atoms with Crippen molar-refractivity contribution < 1.29 is 9.84 Å². The molecule has 0 spiro atoms. The van der Waals surface area contributed by atoms with Gasteiger partial charge in [-0.05, 0) is 51.1 Å². The van der Waals surface area contributed by atoms with Gasteiger partial charge in [0.2, 0.25) is 0 Å². The third-order valence-corrected chi connectivity index (χ3v) is 5.07. The van der Waals surface area contributed by atoms with Crippen molar-refractivity contribution in [3.05, 3.63) is 0 Å². The Bertz CT molecular complexity index is 267. The quantitative estimate of drug-likeness (QED) is 0.746. The molecule has 1 heterocycles. The first-order chi connectivity index (χ1) is 9.80. The summed E-state index contributed by atoms with van der Waals surface area (Å²) in [6.45, 7) is 8.70. The smallest absolute Gasteiger partial charge is 0.0616 e. The molecule has 4 heteroatoms. The highest BCUT2D eigenvalue weighted by atomic mass is 16.5. The summed E-state index contributed by atoms with van der Waals surface area (Å²) >= 11 is 0. The van der Waals surface area contributed by atoms with Crippen LogP contribution in [0.3, 0.4) is 0 Å². The Kier molecular flexibility index (Phi) is 6.75. The van der Waals surface area contributed by atoms with E-state index in [1.807, 2.05) is 0 Å². The van der Waals surface area contributed by atoms with Gasteiger partial charge in [-0.15, -0.1) is 0 Å². The van der Waals surface area contributed by atoms with Crippen molar-refractivity contribution in [2.45, 2.75) is 51.0 Å². The summed E-state index contributed by atoms with van der Waals surface area (Å²) in [5, 5.41) is 13.6. The highest BCUT2D eigenvalue weighted by Crippen LogP contribution is 2.37. The highest BCUT2D eigenvalue weighted by Gasteiger charge is 2.41. The first kappa shape index (κ1) is 16.2. The van der Waals surface area contributed by atoms with Crippen LogP contribution in [-0.2, 0) is 4.74 Å². The first-order valence-electron chi connectivity index (χ1n) is 8.47. The molecule has 0 aromatic rings. The van der Waals surface area contributed by atoms with E-state index < -0.39 is 0 Å². The van der Waals surface area contributed by atoms with Gasteiger partial charge in [-0.25, -0.2) is 0 Å². The Morgan fingerprint density at radius 1 is 1.30 bits per heavy atom. The molecule has 1 saturated carbocycles. The van der Waals surface area contributed by atoms with E-state index in [1.54, 1.807) is 0 Å². The van der Waals surface area contributed by atoms with E-state index in [4.69, 9.17) is 4.74 Å². The lowest BCUT2D eigenvalue weighted by atomic mass is 9.85. The molecule has 0 aromatic carbocycles. The van der Waals surface area contributed by atoms with E-state index in [0.717, 1.165) is 52.1 Å². The number of hydrogen-bond donors (Lipinski definition) is 2. The molecule has 1 aliphatic heterocycles. The zero-order chi connectivity index (χ0) is 14.3. The molecule has 2 rings (SSSR count). The zero-order valence-electron chi connectivity index (χ0n) is 13.1. The lowest BCUT2D eigenvalue weighted by molar-refractivity contribution is 0.108. The Hall–Kier alpha value is -0.160. The average Bonchev–Trinajstić information content (AvgIpc) is 2.69. The minimum Gasteiger partial charge on any atom is -0.394 e. The van der Waals surface area contributed by atoms with E-state index in [2.05, 4.69) is 17.1 Å². The van der Waals surface area contributed by atoms with Gasteiger partial charge in [0.15, 0.2) is 0 Å². The summed E-state index contributed by atoms with van der Waals surface area (Å²) in [5.41, 5.74) is -0.00163. The largest absolute Gasteiger partial charge is 0.394 e. The molecule has 4 nitrogen and oxygen atoms in total. The highest BCUT2D eigenvalue weighted by molar-refractivity contribution is 4.99. The fraction of sp³-hybridized carbons (Fsp3) is 1.00. The molecule has 118 valence electrons. The molecular weight excluding hydrogens is 252 g/mol. The standard InChI is InChI=1S/C16H32N2O2/c1-2-8-17-16(14-19)7-3-5-15(16)6-10-18-9-4-12-20-13-11-18/h15,17,19H,2-14H2,1H3. The number of hydrogen-bond acceptors (Lipinski definition) is 4. The van der Waals surface area contributed by atoms with E-state index in [-0.39, 0.29) is 5.54 Å². The van der Waals surface area contributed by atoms with Crippen LogP contribution in [0, 0.1) is 5.92 Å². The maximum atomic E-state index is 9.90. The van der Waals surface area contributed by atoms with Crippen molar-refractivity contribution in [2.75, 3.05) is 46.0 Å². The summed E-state index contributed by atoms with van der Waals surface area (Å²) in [4.78, 5) is 2.53. The Balaban J connectivity index is 1.83. The molecule has 0 radical (unpaired) electrons. The minimum atomic E-state index is -0.00163. The fourth-order valence-corrected chi connectivity index (χ4v) is 3.80. The van der Waals surface area contributed by atoms with Crippen LogP contribution in [0.5, 0.6) is 0 Å². The van der Waals surface area contributed by atoms with Crippen LogP contribution in [0.1, 0.15) is 45.4 Å². The van der Waals surface area contributed by atoms with Crippen LogP contribution in [0.4, 0.5) is 0 Å². The van der Waals surface area contributed by atoms with Gasteiger partial charge in [-0.2, -0.15) is 0 Å². The number of nitrogens with zero attached hydrogens (tertiary/aromatic N) is 1. The van der Waals surface area contributed by atoms with Crippen LogP contribution in [0.25, 0.3) is 0 Å². The molecule has 0 bridgehead atoms. The molecule has 2 N–H and O–H groups in total. The molecule has 1 aliphatic carbocycles. The van der Waals surface area contributed by atoms with Crippen LogP contribution >= 0.6 is 0 Å². The summed E-state index contributed by atoms with van der Waals surface area (Å²) in [6, 6.07) is 0. The number of rotatable bonds is 7. The average molecular weight is 284 g/mol. The summed E-state index contributed by atoms with van der Waals surface area (Å²) in [7, 11) is 0. The second-order valence-electron chi connectivity index (χ2n) is 6.43. The second-order valence-corrected chi connectivity index (χ2v) is 6.43. The van der Waals surface area contributed by atoms with Gasteiger partial charge in [-0.3, -0.25) is 0 Å². The Morgan fingerprint density at radius 2 is 2.20 bits per heavy atom. The normalized spacial score (nSPS) is 32.4. The number of aliphatic hydroxyl groups is 1. The van der Waals surface area contributed by atoms with E-state index in [9.17, 15) is 5.11 Å². The monoisotopic (exact) mass is 284 g/mol. The molecule has 2 atom stereocenters. The fourth-order valence-electron chi connectivity index (χ4n) is 3.80. The maximum absolute atomic E-state index is 9.90. The first-order valence-corrected chi connectivity index (χ1v) is 8.47. The van der Waals surface area contributed by atoms with Crippen LogP contribution < -0.4 is 5.32 Å². The predicted molar refractivity (Wildman–Crippen MR) is 81.9 cm³/mol. The van der Waals surface area contributed by atoms with E-state index in [0.29, 0.717) is 12.5 Å². The third kappa shape index (κ3) is 4.17. The SMILES string of the molecule is CCCNC1(CO)CCCC1CCN1CCCOCC1. The van der Waals surface area contributed by atoms with Crippen LogP contribution in [0.2, 0.25) is 0 Å². The van der Waals surface area contributed by atoms with Gasteiger partial charge in [0, 0.05) is 25.2 Å². The molecule has 0 aromatic heterocycles. The minimum absolute atomic E-state index is 0.00163. The molecule has 1 saturated heterocycles. The lowest BCUT2D eigenvalue weighted by Gasteiger charge is -2.36. The van der Waals surface area contributed by atoms with Gasteiger partial charge >= 0.3 is 0 Å². The topological polar surface area (TPSA) is 44.7 Å². The van der Waals surface area contributed by atoms with Gasteiger partial charge in [0.05, 0.1) is 13.2 Å². The van der Waals surface area contributed by atoms with Gasteiger partial charge in [0.1, 0.15) is 0 Å². The van der Waals surface area contributed by atoms with Gasteiger partial charge in [-0.1, -0.05) is 13.3 Å². The molecule has 2 aliphatic rings. The van der Waals surface area contributed by atoms with Crippen molar-refractivity contribution in [2.24, 2.45) is 5.92 Å². The van der Waals surface area contributed by atoms with E-state index >= 15 is 0 Å². The van der Waals surface area contributed by atoms with Crippen molar-refractivity contribution >= 4 is 0 Å². The Labute approximate surface area is 123 Å². The predicted octanol–water partition coefficient (Wildman–Crippen LogP) is 1.63.